The van der Waals surface area contributed by atoms with Gasteiger partial charge in [0.05, 0.1) is 0 Å². The average Bonchev–Trinajstić information content (AvgIpc) is 2.37. The van der Waals surface area contributed by atoms with Crippen LogP contribution in [0.25, 0.3) is 0 Å². The maximum atomic E-state index is 12.4. The van der Waals surface area contributed by atoms with Crippen molar-refractivity contribution in [2.45, 2.75) is 12.7 Å². The molecule has 0 bridgehead atoms. The fourth-order valence-electron chi connectivity index (χ4n) is 1.74. The molecular weight excluding hydrogens is 307 g/mol. The van der Waals surface area contributed by atoms with E-state index in [-0.39, 0.29) is 23.9 Å². The van der Waals surface area contributed by atoms with Gasteiger partial charge in [-0.1, -0.05) is 30.3 Å². The molecule has 0 fully saturated rings. The Hall–Kier alpha value is -1.16. The van der Waals surface area contributed by atoms with Gasteiger partial charge in [-0.25, -0.2) is 0 Å². The van der Waals surface area contributed by atoms with Gasteiger partial charge in [-0.15, -0.1) is 0 Å². The molecule has 0 amide bonds. The summed E-state index contributed by atoms with van der Waals surface area (Å²) in [5.41, 5.74) is 6.04. The van der Waals surface area contributed by atoms with Gasteiger partial charge < -0.3 is 5.73 Å². The second kappa shape index (κ2) is 7.21. The number of nitrogens with zero attached hydrogens (tertiary/aromatic N) is 2. The van der Waals surface area contributed by atoms with E-state index in [2.05, 4.69) is 0 Å². The van der Waals surface area contributed by atoms with Crippen LogP contribution in [0.4, 0.5) is 13.2 Å². The Morgan fingerprint density at radius 3 is 2.24 bits per heavy atom. The molecule has 0 unspecified atom stereocenters. The summed E-state index contributed by atoms with van der Waals surface area (Å²) in [6.07, 6.45) is -4.59. The molecule has 0 saturated heterocycles. The summed E-state index contributed by atoms with van der Waals surface area (Å²) < 4.78 is 62.7. The molecule has 5 nitrogen and oxygen atoms in total. The third-order valence-corrected chi connectivity index (χ3v) is 4.58. The van der Waals surface area contributed by atoms with Crippen molar-refractivity contribution in [2.75, 3.05) is 26.7 Å². The van der Waals surface area contributed by atoms with Crippen molar-refractivity contribution in [3.05, 3.63) is 35.9 Å². The molecule has 0 heterocycles. The van der Waals surface area contributed by atoms with E-state index >= 15 is 0 Å². The van der Waals surface area contributed by atoms with Gasteiger partial charge in [-0.3, -0.25) is 0 Å². The lowest BCUT2D eigenvalue weighted by Crippen LogP contribution is -2.46. The average molecular weight is 325 g/mol. The highest BCUT2D eigenvalue weighted by Crippen LogP contribution is 2.19. The minimum atomic E-state index is -4.59. The molecule has 0 saturated carbocycles. The van der Waals surface area contributed by atoms with Gasteiger partial charge in [0.25, 0.3) is 10.2 Å². The van der Waals surface area contributed by atoms with Gasteiger partial charge in [0.2, 0.25) is 0 Å². The summed E-state index contributed by atoms with van der Waals surface area (Å²) >= 11 is 0. The summed E-state index contributed by atoms with van der Waals surface area (Å²) in [4.78, 5) is 0. The van der Waals surface area contributed by atoms with Gasteiger partial charge in [-0.2, -0.15) is 30.2 Å². The summed E-state index contributed by atoms with van der Waals surface area (Å²) in [6, 6.07) is 8.61. The highest BCUT2D eigenvalue weighted by Gasteiger charge is 2.36. The summed E-state index contributed by atoms with van der Waals surface area (Å²) in [7, 11) is -3.33. The smallest absolute Gasteiger partial charge is 0.329 e. The molecule has 1 aromatic rings. The zero-order chi connectivity index (χ0) is 16.1. The molecule has 0 aliphatic heterocycles. The molecule has 0 aliphatic carbocycles. The van der Waals surface area contributed by atoms with E-state index in [9.17, 15) is 21.6 Å². The van der Waals surface area contributed by atoms with Crippen molar-refractivity contribution in [3.8, 4) is 0 Å². The highest BCUT2D eigenvalue weighted by molar-refractivity contribution is 7.86. The molecule has 0 atom stereocenters. The maximum absolute atomic E-state index is 12.4. The maximum Gasteiger partial charge on any atom is 0.402 e. The fourth-order valence-corrected chi connectivity index (χ4v) is 3.09. The predicted molar refractivity (Wildman–Crippen MR) is 73.5 cm³/mol. The SMILES string of the molecule is CN(CC(F)(F)F)S(=O)(=O)N(CCN)Cc1ccccc1. The van der Waals surface area contributed by atoms with Crippen molar-refractivity contribution < 1.29 is 21.6 Å². The topological polar surface area (TPSA) is 66.6 Å². The fraction of sp³-hybridized carbons (Fsp3) is 0.500. The van der Waals surface area contributed by atoms with Crippen LogP contribution < -0.4 is 5.73 Å². The van der Waals surface area contributed by atoms with Gasteiger partial charge in [0.15, 0.2) is 0 Å². The van der Waals surface area contributed by atoms with E-state index in [1.54, 1.807) is 30.3 Å². The largest absolute Gasteiger partial charge is 0.402 e. The standard InChI is InChI=1S/C12H18F3N3O2S/c1-17(10-12(13,14)15)21(19,20)18(8-7-16)9-11-5-3-2-4-6-11/h2-6H,7-10,16H2,1H3. The van der Waals surface area contributed by atoms with Crippen LogP contribution in [-0.4, -0.2) is 49.9 Å². The van der Waals surface area contributed by atoms with Crippen LogP contribution in [0.2, 0.25) is 0 Å². The first-order chi connectivity index (χ1) is 9.66. The van der Waals surface area contributed by atoms with Crippen LogP contribution in [-0.2, 0) is 16.8 Å². The Balaban J connectivity index is 2.92. The van der Waals surface area contributed by atoms with Crippen LogP contribution in [0, 0.1) is 0 Å². The number of rotatable bonds is 7. The molecular formula is C12H18F3N3O2S. The van der Waals surface area contributed by atoms with E-state index in [1.165, 1.54) is 0 Å². The number of alkyl halides is 3. The number of hydrogen-bond donors (Lipinski definition) is 1. The molecule has 2 N–H and O–H groups in total. The lowest BCUT2D eigenvalue weighted by molar-refractivity contribution is -0.134. The normalized spacial score (nSPS) is 13.1. The number of halogens is 3. The van der Waals surface area contributed by atoms with Crippen molar-refractivity contribution in [1.82, 2.24) is 8.61 Å². The Morgan fingerprint density at radius 2 is 1.76 bits per heavy atom. The molecule has 9 heteroatoms. The van der Waals surface area contributed by atoms with Gasteiger partial charge >= 0.3 is 6.18 Å². The first kappa shape index (κ1) is 17.9. The first-order valence-electron chi connectivity index (χ1n) is 6.19. The minimum Gasteiger partial charge on any atom is -0.329 e. The molecule has 0 aromatic heterocycles. The Morgan fingerprint density at radius 1 is 1.19 bits per heavy atom. The summed E-state index contributed by atoms with van der Waals surface area (Å²) in [6.45, 7) is -1.60. The van der Waals surface area contributed by atoms with E-state index in [1.807, 2.05) is 0 Å². The molecule has 120 valence electrons. The van der Waals surface area contributed by atoms with E-state index in [0.29, 0.717) is 5.56 Å². The molecule has 1 aromatic carbocycles. The van der Waals surface area contributed by atoms with Crippen molar-refractivity contribution in [2.24, 2.45) is 5.73 Å². The van der Waals surface area contributed by atoms with Crippen LogP contribution >= 0.6 is 0 Å². The molecule has 1 rings (SSSR count). The Bertz CT molecular complexity index is 534. The lowest BCUT2D eigenvalue weighted by atomic mass is 10.2. The van der Waals surface area contributed by atoms with Crippen LogP contribution in [0.15, 0.2) is 30.3 Å². The zero-order valence-electron chi connectivity index (χ0n) is 11.5. The van der Waals surface area contributed by atoms with Gasteiger partial charge in [-0.05, 0) is 5.56 Å². The molecule has 21 heavy (non-hydrogen) atoms. The highest BCUT2D eigenvalue weighted by atomic mass is 32.2. The Kier molecular flexibility index (Phi) is 6.14. The van der Waals surface area contributed by atoms with E-state index in [4.69, 9.17) is 5.73 Å². The number of hydrogen-bond acceptors (Lipinski definition) is 3. The van der Waals surface area contributed by atoms with E-state index in [0.717, 1.165) is 11.4 Å². The Labute approximate surface area is 122 Å². The second-order valence-electron chi connectivity index (χ2n) is 4.49. The van der Waals surface area contributed by atoms with Crippen LogP contribution in [0.3, 0.4) is 0 Å². The van der Waals surface area contributed by atoms with Crippen LogP contribution in [0.5, 0.6) is 0 Å². The number of nitrogens with two attached hydrogens (primary N) is 1. The predicted octanol–water partition coefficient (Wildman–Crippen LogP) is 1.19. The lowest BCUT2D eigenvalue weighted by Gasteiger charge is -2.27. The van der Waals surface area contributed by atoms with Gasteiger partial charge in [0.1, 0.15) is 6.54 Å². The third-order valence-electron chi connectivity index (χ3n) is 2.70. The zero-order valence-corrected chi connectivity index (χ0v) is 12.4. The van der Waals surface area contributed by atoms with Crippen molar-refractivity contribution in [3.63, 3.8) is 0 Å². The van der Waals surface area contributed by atoms with Crippen molar-refractivity contribution in [1.29, 1.82) is 0 Å². The molecule has 0 radical (unpaired) electrons. The third kappa shape index (κ3) is 5.62. The monoisotopic (exact) mass is 325 g/mol. The van der Waals surface area contributed by atoms with Crippen LogP contribution in [0.1, 0.15) is 5.56 Å². The summed E-state index contributed by atoms with van der Waals surface area (Å²) in [5, 5.41) is 0. The minimum absolute atomic E-state index is 0.0198. The first-order valence-corrected chi connectivity index (χ1v) is 7.58. The van der Waals surface area contributed by atoms with Crippen molar-refractivity contribution >= 4 is 10.2 Å². The molecule has 0 spiro atoms. The quantitative estimate of drug-likeness (QED) is 0.819. The molecule has 0 aliphatic rings. The van der Waals surface area contributed by atoms with Gasteiger partial charge in [0, 0.05) is 26.7 Å². The van der Waals surface area contributed by atoms with E-state index < -0.39 is 22.9 Å². The number of benzene rings is 1. The summed E-state index contributed by atoms with van der Waals surface area (Å²) in [5.74, 6) is 0. The second-order valence-corrected chi connectivity index (χ2v) is 6.52.